The van der Waals surface area contributed by atoms with Crippen LogP contribution < -0.4 is 4.90 Å². The van der Waals surface area contributed by atoms with Crippen molar-refractivity contribution in [3.63, 3.8) is 0 Å². The lowest BCUT2D eigenvalue weighted by atomic mass is 10.1. The van der Waals surface area contributed by atoms with E-state index in [4.69, 9.17) is 0 Å². The molecular formula is C15H18N2O3S. The molecule has 2 aromatic rings. The van der Waals surface area contributed by atoms with Crippen LogP contribution in [0.5, 0.6) is 0 Å². The number of aliphatic hydroxyl groups excluding tert-OH is 1. The van der Waals surface area contributed by atoms with Crippen molar-refractivity contribution in [3.8, 4) is 0 Å². The Kier molecular flexibility index (Phi) is 4.59. The molecule has 1 aromatic carbocycles. The summed E-state index contributed by atoms with van der Waals surface area (Å²) in [7, 11) is 1.80. The Morgan fingerprint density at radius 2 is 2.00 bits per heavy atom. The average Bonchev–Trinajstić information content (AvgIpc) is 2.92. The van der Waals surface area contributed by atoms with E-state index in [1.165, 1.54) is 23.0 Å². The van der Waals surface area contributed by atoms with Crippen LogP contribution in [0.2, 0.25) is 0 Å². The van der Waals surface area contributed by atoms with Crippen LogP contribution in [-0.4, -0.2) is 17.1 Å². The predicted octanol–water partition coefficient (Wildman–Crippen LogP) is 4.04. The summed E-state index contributed by atoms with van der Waals surface area (Å²) in [5.74, 6) is 0. The standard InChI is InChI=1S/C15H18N2O3S/c1-4-11-5-7-12(8-6-11)16(3)15-13(17(19)20)9-14(21-15)10(2)18/h5-10,18H,4H2,1-3H3. The van der Waals surface area contributed by atoms with Crippen molar-refractivity contribution in [3.05, 3.63) is 50.9 Å². The molecule has 1 heterocycles. The van der Waals surface area contributed by atoms with E-state index in [0.717, 1.165) is 12.1 Å². The molecule has 112 valence electrons. The average molecular weight is 306 g/mol. The Bertz CT molecular complexity index is 635. The summed E-state index contributed by atoms with van der Waals surface area (Å²) in [5, 5.41) is 21.4. The molecule has 0 aliphatic carbocycles. The number of nitrogens with zero attached hydrogens (tertiary/aromatic N) is 2. The second kappa shape index (κ2) is 6.24. The van der Waals surface area contributed by atoms with Gasteiger partial charge in [0.2, 0.25) is 0 Å². The molecule has 2 rings (SSSR count). The number of anilines is 2. The molecule has 1 unspecified atom stereocenters. The number of hydrogen-bond donors (Lipinski definition) is 1. The topological polar surface area (TPSA) is 66.6 Å². The number of aryl methyl sites for hydroxylation is 1. The highest BCUT2D eigenvalue weighted by Crippen LogP contribution is 2.42. The summed E-state index contributed by atoms with van der Waals surface area (Å²) in [6.45, 7) is 3.69. The fourth-order valence-corrected chi connectivity index (χ4v) is 3.08. The fourth-order valence-electron chi connectivity index (χ4n) is 2.04. The van der Waals surface area contributed by atoms with Crippen LogP contribution in [0.15, 0.2) is 30.3 Å². The maximum Gasteiger partial charge on any atom is 0.304 e. The first kappa shape index (κ1) is 15.5. The predicted molar refractivity (Wildman–Crippen MR) is 85.5 cm³/mol. The molecule has 6 heteroatoms. The molecule has 0 saturated heterocycles. The highest BCUT2D eigenvalue weighted by molar-refractivity contribution is 7.16. The lowest BCUT2D eigenvalue weighted by molar-refractivity contribution is -0.383. The molecule has 0 aliphatic rings. The number of rotatable bonds is 5. The zero-order valence-electron chi connectivity index (χ0n) is 12.2. The molecular weight excluding hydrogens is 288 g/mol. The van der Waals surface area contributed by atoms with E-state index in [0.29, 0.717) is 9.88 Å². The normalized spacial score (nSPS) is 12.2. The summed E-state index contributed by atoms with van der Waals surface area (Å²) in [6.07, 6.45) is 0.244. The van der Waals surface area contributed by atoms with Crippen LogP contribution in [0.4, 0.5) is 16.4 Å². The van der Waals surface area contributed by atoms with E-state index in [1.807, 2.05) is 24.3 Å². The summed E-state index contributed by atoms with van der Waals surface area (Å²) in [6, 6.07) is 9.37. The van der Waals surface area contributed by atoms with Gasteiger partial charge in [0.25, 0.3) is 0 Å². The van der Waals surface area contributed by atoms with Crippen molar-refractivity contribution in [2.45, 2.75) is 26.4 Å². The van der Waals surface area contributed by atoms with Gasteiger partial charge in [-0.2, -0.15) is 0 Å². The van der Waals surface area contributed by atoms with Crippen molar-refractivity contribution in [1.82, 2.24) is 0 Å². The van der Waals surface area contributed by atoms with Gasteiger partial charge >= 0.3 is 5.69 Å². The highest BCUT2D eigenvalue weighted by Gasteiger charge is 2.24. The lowest BCUT2D eigenvalue weighted by Crippen LogP contribution is -2.09. The molecule has 1 atom stereocenters. The van der Waals surface area contributed by atoms with Gasteiger partial charge in [0.1, 0.15) is 0 Å². The summed E-state index contributed by atoms with van der Waals surface area (Å²) in [4.78, 5) is 13.2. The van der Waals surface area contributed by atoms with Crippen LogP contribution in [-0.2, 0) is 6.42 Å². The first-order valence-electron chi connectivity index (χ1n) is 6.73. The van der Waals surface area contributed by atoms with Gasteiger partial charge in [0.05, 0.1) is 11.0 Å². The Hall–Kier alpha value is -1.92. The number of thiophene rings is 1. The van der Waals surface area contributed by atoms with Crippen LogP contribution in [0, 0.1) is 10.1 Å². The number of aliphatic hydroxyl groups is 1. The molecule has 1 aromatic heterocycles. The van der Waals surface area contributed by atoms with E-state index in [-0.39, 0.29) is 5.69 Å². The molecule has 0 saturated carbocycles. The van der Waals surface area contributed by atoms with Gasteiger partial charge in [-0.3, -0.25) is 10.1 Å². The minimum Gasteiger partial charge on any atom is -0.388 e. The van der Waals surface area contributed by atoms with Crippen LogP contribution in [0.3, 0.4) is 0 Å². The number of hydrogen-bond acceptors (Lipinski definition) is 5. The summed E-state index contributed by atoms with van der Waals surface area (Å²) < 4.78 is 0. The van der Waals surface area contributed by atoms with Gasteiger partial charge in [-0.1, -0.05) is 19.1 Å². The second-order valence-corrected chi connectivity index (χ2v) is 5.91. The Morgan fingerprint density at radius 1 is 1.38 bits per heavy atom. The molecule has 1 N–H and O–H groups in total. The Labute approximate surface area is 127 Å². The third-order valence-electron chi connectivity index (χ3n) is 3.36. The summed E-state index contributed by atoms with van der Waals surface area (Å²) in [5.41, 5.74) is 2.13. The van der Waals surface area contributed by atoms with E-state index in [9.17, 15) is 15.2 Å². The second-order valence-electron chi connectivity index (χ2n) is 4.85. The third-order valence-corrected chi connectivity index (χ3v) is 4.73. The Balaban J connectivity index is 2.41. The number of nitro groups is 1. The molecule has 0 radical (unpaired) electrons. The minimum absolute atomic E-state index is 0.0259. The van der Waals surface area contributed by atoms with E-state index >= 15 is 0 Å². The highest BCUT2D eigenvalue weighted by atomic mass is 32.1. The van der Waals surface area contributed by atoms with Crippen molar-refractivity contribution in [2.75, 3.05) is 11.9 Å². The maximum absolute atomic E-state index is 11.2. The zero-order chi connectivity index (χ0) is 15.6. The molecule has 21 heavy (non-hydrogen) atoms. The maximum atomic E-state index is 11.2. The molecule has 0 bridgehead atoms. The van der Waals surface area contributed by atoms with Gasteiger partial charge < -0.3 is 10.0 Å². The van der Waals surface area contributed by atoms with Crippen LogP contribution in [0.25, 0.3) is 0 Å². The first-order valence-corrected chi connectivity index (χ1v) is 7.54. The molecule has 0 amide bonds. The SMILES string of the molecule is CCc1ccc(N(C)c2sc(C(C)O)cc2[N+](=O)[O-])cc1. The first-order chi connectivity index (χ1) is 9.93. The molecule has 0 fully saturated rings. The molecule has 0 aliphatic heterocycles. The van der Waals surface area contributed by atoms with E-state index in [2.05, 4.69) is 6.92 Å². The van der Waals surface area contributed by atoms with Crippen LogP contribution in [0.1, 0.15) is 30.4 Å². The van der Waals surface area contributed by atoms with Gasteiger partial charge in [0, 0.05) is 23.7 Å². The van der Waals surface area contributed by atoms with Crippen molar-refractivity contribution < 1.29 is 10.0 Å². The monoisotopic (exact) mass is 306 g/mol. The molecule has 5 nitrogen and oxygen atoms in total. The van der Waals surface area contributed by atoms with Crippen LogP contribution >= 0.6 is 11.3 Å². The van der Waals surface area contributed by atoms with Gasteiger partial charge in [0.15, 0.2) is 5.00 Å². The van der Waals surface area contributed by atoms with Crippen molar-refractivity contribution >= 4 is 27.7 Å². The van der Waals surface area contributed by atoms with E-state index < -0.39 is 11.0 Å². The summed E-state index contributed by atoms with van der Waals surface area (Å²) >= 11 is 1.24. The fraction of sp³-hybridized carbons (Fsp3) is 0.333. The minimum atomic E-state index is -0.710. The van der Waals surface area contributed by atoms with Gasteiger partial charge in [-0.25, -0.2) is 0 Å². The number of benzene rings is 1. The van der Waals surface area contributed by atoms with Gasteiger partial charge in [-0.05, 0) is 31.0 Å². The largest absolute Gasteiger partial charge is 0.388 e. The van der Waals surface area contributed by atoms with Crippen molar-refractivity contribution in [1.29, 1.82) is 0 Å². The van der Waals surface area contributed by atoms with Gasteiger partial charge in [-0.15, -0.1) is 11.3 Å². The lowest BCUT2D eigenvalue weighted by Gasteiger charge is -2.17. The Morgan fingerprint density at radius 3 is 2.48 bits per heavy atom. The quantitative estimate of drug-likeness (QED) is 0.668. The smallest absolute Gasteiger partial charge is 0.304 e. The van der Waals surface area contributed by atoms with E-state index in [1.54, 1.807) is 18.9 Å². The van der Waals surface area contributed by atoms with Crippen molar-refractivity contribution in [2.24, 2.45) is 0 Å². The molecule has 0 spiro atoms. The third kappa shape index (κ3) is 3.22. The zero-order valence-corrected chi connectivity index (χ0v) is 13.1.